The van der Waals surface area contributed by atoms with Gasteiger partial charge in [0.05, 0.1) is 13.2 Å². The third-order valence-corrected chi connectivity index (χ3v) is 6.59. The molecular weight excluding hydrogens is 676 g/mol. The zero-order chi connectivity index (χ0) is 37.2. The Bertz CT molecular complexity index is 1430. The molecule has 3 rings (SSSR count). The highest BCUT2D eigenvalue weighted by molar-refractivity contribution is 5.81. The first-order valence-corrected chi connectivity index (χ1v) is 16.5. The fraction of sp³-hybridized carbons (Fsp3) is 0.316. The van der Waals surface area contributed by atoms with Crippen molar-refractivity contribution in [2.24, 2.45) is 0 Å². The van der Waals surface area contributed by atoms with Crippen LogP contribution in [-0.4, -0.2) is 89.1 Å². The molecule has 0 aliphatic rings. The molecule has 0 fully saturated rings. The van der Waals surface area contributed by atoms with E-state index in [1.54, 1.807) is 48.5 Å². The molecule has 14 heteroatoms. The first-order valence-electron chi connectivity index (χ1n) is 16.5. The minimum absolute atomic E-state index is 0.00699. The molecule has 2 unspecified atom stereocenters. The van der Waals surface area contributed by atoms with Crippen molar-refractivity contribution in [3.8, 4) is 23.0 Å². The highest BCUT2D eigenvalue weighted by atomic mass is 16.6. The molecule has 0 saturated heterocycles. The van der Waals surface area contributed by atoms with Gasteiger partial charge in [0.2, 0.25) is 0 Å². The van der Waals surface area contributed by atoms with Crippen LogP contribution in [-0.2, 0) is 28.5 Å². The molecule has 0 heterocycles. The van der Waals surface area contributed by atoms with Crippen molar-refractivity contribution >= 4 is 24.1 Å². The molecule has 52 heavy (non-hydrogen) atoms. The number of benzene rings is 3. The van der Waals surface area contributed by atoms with Crippen molar-refractivity contribution in [2.45, 2.75) is 25.0 Å². The molecule has 3 aromatic rings. The lowest BCUT2D eigenvalue weighted by atomic mass is 10.3. The van der Waals surface area contributed by atoms with Gasteiger partial charge in [-0.2, -0.15) is 0 Å². The Morgan fingerprint density at radius 2 is 0.904 bits per heavy atom. The van der Waals surface area contributed by atoms with Gasteiger partial charge in [0.25, 0.3) is 0 Å². The Labute approximate surface area is 302 Å². The SMILES string of the molecule is C=CC(=O)OCCCNC(=O)OC(COc1ccccc1)COc1cccc(OCC(COc2ccccc2)OC(=O)NCCCOC(=O)C=C)c1. The second-order valence-corrected chi connectivity index (χ2v) is 10.7. The van der Waals surface area contributed by atoms with E-state index >= 15 is 0 Å². The molecule has 0 aliphatic heterocycles. The first-order chi connectivity index (χ1) is 25.3. The van der Waals surface area contributed by atoms with Gasteiger partial charge in [-0.05, 0) is 49.2 Å². The van der Waals surface area contributed by atoms with Crippen LogP contribution in [0.5, 0.6) is 23.0 Å². The smallest absolute Gasteiger partial charge is 0.407 e. The van der Waals surface area contributed by atoms with Crippen molar-refractivity contribution in [3.05, 3.63) is 110 Å². The highest BCUT2D eigenvalue weighted by Crippen LogP contribution is 2.21. The Hall–Kier alpha value is -6.18. The number of ether oxygens (including phenoxy) is 8. The third-order valence-electron chi connectivity index (χ3n) is 6.59. The van der Waals surface area contributed by atoms with Crippen molar-refractivity contribution in [3.63, 3.8) is 0 Å². The lowest BCUT2D eigenvalue weighted by molar-refractivity contribution is -0.138. The van der Waals surface area contributed by atoms with Gasteiger partial charge in [-0.1, -0.05) is 55.6 Å². The summed E-state index contributed by atoms with van der Waals surface area (Å²) in [5.41, 5.74) is 0. The molecule has 0 bridgehead atoms. The maximum Gasteiger partial charge on any atom is 0.407 e. The molecule has 0 aromatic heterocycles. The molecular formula is C38H44N2O12. The van der Waals surface area contributed by atoms with Gasteiger partial charge in [-0.15, -0.1) is 0 Å². The Morgan fingerprint density at radius 1 is 0.538 bits per heavy atom. The fourth-order valence-electron chi connectivity index (χ4n) is 4.05. The van der Waals surface area contributed by atoms with Gasteiger partial charge in [0.15, 0.2) is 12.2 Å². The number of para-hydroxylation sites is 2. The van der Waals surface area contributed by atoms with Gasteiger partial charge in [0, 0.05) is 31.3 Å². The van der Waals surface area contributed by atoms with E-state index in [1.807, 2.05) is 36.4 Å². The summed E-state index contributed by atoms with van der Waals surface area (Å²) in [6.07, 6.45) is -0.0986. The standard InChI is InChI=1S/C38H44N2O12/c1-3-35(41)45-22-12-20-39-37(43)51-33(25-47-29-14-7-5-8-15-29)27-49-31-18-11-19-32(24-31)50-28-34(26-48-30-16-9-6-10-17-30)52-38(44)40-21-13-23-46-36(42)4-2/h3-11,14-19,24,33-34H,1-2,12-13,20-23,25-28H2,(H,39,43)(H,40,44). The van der Waals surface area contributed by atoms with Crippen molar-refractivity contribution in [2.75, 3.05) is 52.7 Å². The lowest BCUT2D eigenvalue weighted by Gasteiger charge is -2.21. The van der Waals surface area contributed by atoms with Crippen LogP contribution in [0.4, 0.5) is 9.59 Å². The van der Waals surface area contributed by atoms with E-state index in [0.717, 1.165) is 12.2 Å². The summed E-state index contributed by atoms with van der Waals surface area (Å²) < 4.78 is 44.4. The molecule has 2 N–H and O–H groups in total. The van der Waals surface area contributed by atoms with E-state index in [1.165, 1.54) is 0 Å². The van der Waals surface area contributed by atoms with Crippen LogP contribution in [0, 0.1) is 0 Å². The normalized spacial score (nSPS) is 11.4. The summed E-state index contributed by atoms with van der Waals surface area (Å²) in [6, 6.07) is 24.9. The van der Waals surface area contributed by atoms with E-state index in [0.29, 0.717) is 35.8 Å². The van der Waals surface area contributed by atoms with Crippen LogP contribution >= 0.6 is 0 Å². The number of nitrogens with one attached hydrogen (secondary N) is 2. The summed E-state index contributed by atoms with van der Waals surface area (Å²) in [5.74, 6) is 0.933. The molecule has 2 amide bonds. The molecule has 0 aliphatic carbocycles. The minimum atomic E-state index is -0.802. The lowest BCUT2D eigenvalue weighted by Crippen LogP contribution is -2.36. The van der Waals surface area contributed by atoms with Crippen molar-refractivity contribution < 1.29 is 57.1 Å². The number of hydrogen-bond acceptors (Lipinski definition) is 12. The Balaban J connectivity index is 1.54. The van der Waals surface area contributed by atoms with Crippen LogP contribution in [0.3, 0.4) is 0 Å². The van der Waals surface area contributed by atoms with Gasteiger partial charge < -0.3 is 48.5 Å². The maximum atomic E-state index is 12.5. The number of carbonyl (C=O) groups excluding carboxylic acids is 4. The van der Waals surface area contributed by atoms with Crippen molar-refractivity contribution in [1.29, 1.82) is 0 Å². The zero-order valence-corrected chi connectivity index (χ0v) is 28.8. The van der Waals surface area contributed by atoms with Crippen LogP contribution in [0.15, 0.2) is 110 Å². The van der Waals surface area contributed by atoms with E-state index in [4.69, 9.17) is 37.9 Å². The third kappa shape index (κ3) is 17.5. The quantitative estimate of drug-likeness (QED) is 0.0550. The van der Waals surface area contributed by atoms with E-state index in [2.05, 4.69) is 23.8 Å². The number of hydrogen-bond donors (Lipinski definition) is 2. The number of carbonyl (C=O) groups is 4. The Morgan fingerprint density at radius 3 is 1.29 bits per heavy atom. The molecule has 0 spiro atoms. The molecule has 14 nitrogen and oxygen atoms in total. The van der Waals surface area contributed by atoms with Crippen LogP contribution < -0.4 is 29.6 Å². The molecule has 0 saturated carbocycles. The van der Waals surface area contributed by atoms with E-state index < -0.39 is 36.3 Å². The number of amides is 2. The van der Waals surface area contributed by atoms with E-state index in [-0.39, 0.29) is 52.7 Å². The van der Waals surface area contributed by atoms with Gasteiger partial charge in [0.1, 0.15) is 49.4 Å². The number of esters is 2. The largest absolute Gasteiger partial charge is 0.490 e. The van der Waals surface area contributed by atoms with Crippen LogP contribution in [0.1, 0.15) is 12.8 Å². The predicted octanol–water partition coefficient (Wildman–Crippen LogP) is 5.03. The fourth-order valence-corrected chi connectivity index (χ4v) is 4.05. The summed E-state index contributed by atoms with van der Waals surface area (Å²) in [6.45, 7) is 7.24. The number of rotatable bonds is 24. The topological polar surface area (TPSA) is 166 Å². The summed E-state index contributed by atoms with van der Waals surface area (Å²) in [7, 11) is 0. The molecule has 0 radical (unpaired) electrons. The second-order valence-electron chi connectivity index (χ2n) is 10.7. The number of alkyl carbamates (subject to hydrolysis) is 2. The summed E-state index contributed by atoms with van der Waals surface area (Å²) in [4.78, 5) is 47.4. The average Bonchev–Trinajstić information content (AvgIpc) is 3.17. The van der Waals surface area contributed by atoms with Crippen LogP contribution in [0.2, 0.25) is 0 Å². The monoisotopic (exact) mass is 720 g/mol. The van der Waals surface area contributed by atoms with Gasteiger partial charge in [-0.25, -0.2) is 19.2 Å². The Kier molecular flexibility index (Phi) is 18.6. The molecule has 2 atom stereocenters. The molecule has 278 valence electrons. The molecule has 3 aromatic carbocycles. The summed E-state index contributed by atoms with van der Waals surface area (Å²) in [5, 5.41) is 5.23. The van der Waals surface area contributed by atoms with Crippen LogP contribution in [0.25, 0.3) is 0 Å². The van der Waals surface area contributed by atoms with E-state index in [9.17, 15) is 19.2 Å². The average molecular weight is 721 g/mol. The summed E-state index contributed by atoms with van der Waals surface area (Å²) >= 11 is 0. The van der Waals surface area contributed by atoms with Crippen molar-refractivity contribution in [1.82, 2.24) is 10.6 Å². The first kappa shape index (κ1) is 40.3. The highest BCUT2D eigenvalue weighted by Gasteiger charge is 2.19. The predicted molar refractivity (Wildman–Crippen MR) is 189 cm³/mol. The zero-order valence-electron chi connectivity index (χ0n) is 28.8. The van der Waals surface area contributed by atoms with Gasteiger partial charge in [-0.3, -0.25) is 0 Å². The minimum Gasteiger partial charge on any atom is -0.490 e. The van der Waals surface area contributed by atoms with Gasteiger partial charge >= 0.3 is 24.1 Å². The maximum absolute atomic E-state index is 12.5. The second kappa shape index (κ2) is 24.1.